The van der Waals surface area contributed by atoms with E-state index in [2.05, 4.69) is 18.7 Å². The molecule has 17 heavy (non-hydrogen) atoms. The van der Waals surface area contributed by atoms with Gasteiger partial charge in [-0.2, -0.15) is 5.26 Å². The van der Waals surface area contributed by atoms with Crippen LogP contribution in [0.25, 0.3) is 0 Å². The lowest BCUT2D eigenvalue weighted by Gasteiger charge is -2.31. The highest BCUT2D eigenvalue weighted by molar-refractivity contribution is 8.41. The van der Waals surface area contributed by atoms with E-state index in [1.165, 1.54) is 11.8 Å². The maximum atomic E-state index is 8.85. The van der Waals surface area contributed by atoms with Crippen LogP contribution in [0.4, 0.5) is 0 Å². The molecule has 0 aromatic carbocycles. The second kappa shape index (κ2) is 9.33. The van der Waals surface area contributed by atoms with Crippen LogP contribution in [-0.2, 0) is 13.3 Å². The Morgan fingerprint density at radius 2 is 1.94 bits per heavy atom. The van der Waals surface area contributed by atoms with Crippen LogP contribution in [0.15, 0.2) is 0 Å². The number of thiocarbonyl (C=S) groups is 1. The molecule has 0 radical (unpaired) electrons. The summed E-state index contributed by atoms with van der Waals surface area (Å²) in [5.74, 6) is 0.777. The Hall–Kier alpha value is 0.377. The molecule has 0 aromatic rings. The van der Waals surface area contributed by atoms with Crippen LogP contribution in [0.1, 0.15) is 12.8 Å². The number of nitriles is 1. The predicted molar refractivity (Wildman–Crippen MR) is 79.4 cm³/mol. The topological polar surface area (TPSA) is 51.5 Å². The van der Waals surface area contributed by atoms with Crippen LogP contribution < -0.4 is 0 Å². The van der Waals surface area contributed by atoms with E-state index >= 15 is 0 Å². The third-order valence-corrected chi connectivity index (χ3v) is 7.01. The third-order valence-electron chi connectivity index (χ3n) is 2.38. The monoisotopic (exact) mass is 311 g/mol. The first-order valence-electron chi connectivity index (χ1n) is 4.94. The molecule has 0 spiro atoms. The van der Waals surface area contributed by atoms with Gasteiger partial charge in [0.1, 0.15) is 3.53 Å². The summed E-state index contributed by atoms with van der Waals surface area (Å²) in [5.41, 5.74) is -0.0392. The number of thiol groups is 1. The van der Waals surface area contributed by atoms with Crippen molar-refractivity contribution in [3.63, 3.8) is 0 Å². The molecule has 0 saturated carbocycles. The number of nitrogens with zero attached hydrogens (tertiary/aromatic N) is 1. The Bertz CT molecular complexity index is 273. The van der Waals surface area contributed by atoms with Crippen LogP contribution in [0.5, 0.6) is 0 Å². The lowest BCUT2D eigenvalue weighted by atomic mass is 10.2. The summed E-state index contributed by atoms with van der Waals surface area (Å²) in [7, 11) is 1.92. The summed E-state index contributed by atoms with van der Waals surface area (Å²) in [4.78, 5) is 0. The zero-order chi connectivity index (χ0) is 13.3. The van der Waals surface area contributed by atoms with Gasteiger partial charge in [0.25, 0.3) is 0 Å². The fourth-order valence-corrected chi connectivity index (χ4v) is 5.20. The maximum Gasteiger partial charge on any atom is 0.504 e. The van der Waals surface area contributed by atoms with Crippen molar-refractivity contribution >= 4 is 48.9 Å². The molecule has 8 heteroatoms. The van der Waals surface area contributed by atoms with Gasteiger partial charge in [-0.05, 0) is 12.2 Å². The van der Waals surface area contributed by atoms with Crippen LogP contribution >= 0.6 is 36.6 Å². The van der Waals surface area contributed by atoms with Crippen molar-refractivity contribution in [1.29, 1.82) is 5.26 Å². The molecule has 0 bridgehead atoms. The Kier molecular flexibility index (Phi) is 9.53. The zero-order valence-corrected chi connectivity index (χ0v) is 13.7. The largest absolute Gasteiger partial charge is 0.504 e. The van der Waals surface area contributed by atoms with Gasteiger partial charge in [0, 0.05) is 33.3 Å². The normalized spacial score (nSPS) is 13.1. The summed E-state index contributed by atoms with van der Waals surface area (Å²) in [6.07, 6.45) is 1.10. The van der Waals surface area contributed by atoms with E-state index in [-0.39, 0.29) is 5.54 Å². The first kappa shape index (κ1) is 17.4. The summed E-state index contributed by atoms with van der Waals surface area (Å²) >= 11 is 10.4. The molecule has 98 valence electrons. The molecule has 0 aliphatic rings. The van der Waals surface area contributed by atoms with E-state index < -0.39 is 8.80 Å². The molecule has 0 fully saturated rings. The molecule has 0 rings (SSSR count). The van der Waals surface area contributed by atoms with E-state index in [0.29, 0.717) is 9.95 Å². The number of hydrogen-bond donors (Lipinski definition) is 1. The van der Waals surface area contributed by atoms with Crippen LogP contribution in [0.2, 0.25) is 5.54 Å². The van der Waals surface area contributed by atoms with Crippen molar-refractivity contribution in [2.75, 3.05) is 27.1 Å². The fourth-order valence-electron chi connectivity index (χ4n) is 1.55. The van der Waals surface area contributed by atoms with Crippen molar-refractivity contribution < 1.29 is 13.3 Å². The van der Waals surface area contributed by atoms with Gasteiger partial charge in [-0.3, -0.25) is 0 Å². The van der Waals surface area contributed by atoms with E-state index in [1.54, 1.807) is 21.3 Å². The summed E-state index contributed by atoms with van der Waals surface area (Å²) < 4.78 is 16.8. The molecule has 0 aromatic heterocycles. The zero-order valence-electron chi connectivity index (χ0n) is 10.1. The van der Waals surface area contributed by atoms with Gasteiger partial charge >= 0.3 is 8.80 Å². The van der Waals surface area contributed by atoms with E-state index in [9.17, 15) is 0 Å². The SMILES string of the molecule is CO[Si](OC)(OC)C(CC#N)CCSC(=S)S. The molecule has 1 unspecified atom stereocenters. The molecule has 1 atom stereocenters. The fraction of sp³-hybridized carbons (Fsp3) is 0.778. The lowest BCUT2D eigenvalue weighted by molar-refractivity contribution is 0.111. The van der Waals surface area contributed by atoms with Crippen LogP contribution in [0.3, 0.4) is 0 Å². The minimum Gasteiger partial charge on any atom is -0.377 e. The van der Waals surface area contributed by atoms with Gasteiger partial charge in [0.05, 0.1) is 6.07 Å². The molecule has 0 saturated heterocycles. The highest BCUT2D eigenvalue weighted by Gasteiger charge is 2.46. The van der Waals surface area contributed by atoms with Gasteiger partial charge in [0.15, 0.2) is 0 Å². The molecule has 0 aliphatic carbocycles. The van der Waals surface area contributed by atoms with Crippen molar-refractivity contribution in [3.05, 3.63) is 0 Å². The molecular weight excluding hydrogens is 294 g/mol. The highest BCUT2D eigenvalue weighted by Crippen LogP contribution is 2.32. The second-order valence-corrected chi connectivity index (χ2v) is 9.25. The van der Waals surface area contributed by atoms with Gasteiger partial charge < -0.3 is 13.3 Å². The quantitative estimate of drug-likeness (QED) is 0.422. The molecule has 0 heterocycles. The molecule has 0 amide bonds. The Labute approximate surface area is 119 Å². The minimum absolute atomic E-state index is 0.0392. The Balaban J connectivity index is 4.58. The van der Waals surface area contributed by atoms with Gasteiger partial charge in [-0.15, -0.1) is 24.4 Å². The predicted octanol–water partition coefficient (Wildman–Crippen LogP) is 2.49. The van der Waals surface area contributed by atoms with Crippen molar-refractivity contribution in [3.8, 4) is 6.07 Å². The standard InChI is InChI=1S/C9H17NO3S3Si/c1-11-17(12-2,13-3)8(4-6-10)5-7-16-9(14)15/h8H,4-5,7H2,1-3H3,(H,14,15). The highest BCUT2D eigenvalue weighted by atomic mass is 32.2. The molecule has 0 N–H and O–H groups in total. The van der Waals surface area contributed by atoms with Crippen LogP contribution in [-0.4, -0.2) is 39.4 Å². The van der Waals surface area contributed by atoms with E-state index in [1.807, 2.05) is 0 Å². The minimum atomic E-state index is -2.74. The molecular formula is C9H17NO3S3Si. The second-order valence-electron chi connectivity index (χ2n) is 3.18. The maximum absolute atomic E-state index is 8.85. The average Bonchev–Trinajstić information content (AvgIpc) is 2.31. The molecule has 0 aliphatic heterocycles. The smallest absolute Gasteiger partial charge is 0.377 e. The first-order valence-corrected chi connectivity index (χ1v) is 8.58. The number of hydrogen-bond acceptors (Lipinski definition) is 6. The van der Waals surface area contributed by atoms with Gasteiger partial charge in [-0.25, -0.2) is 0 Å². The van der Waals surface area contributed by atoms with Crippen molar-refractivity contribution in [2.24, 2.45) is 0 Å². The van der Waals surface area contributed by atoms with E-state index in [4.69, 9.17) is 30.8 Å². The number of rotatable bonds is 8. The lowest BCUT2D eigenvalue weighted by Crippen LogP contribution is -2.47. The first-order chi connectivity index (χ1) is 8.06. The van der Waals surface area contributed by atoms with Gasteiger partial charge in [-0.1, -0.05) is 12.2 Å². The summed E-state index contributed by atoms with van der Waals surface area (Å²) in [5, 5.41) is 8.85. The Morgan fingerprint density at radius 3 is 2.29 bits per heavy atom. The van der Waals surface area contributed by atoms with Crippen molar-refractivity contribution in [2.45, 2.75) is 18.4 Å². The van der Waals surface area contributed by atoms with Crippen LogP contribution in [0, 0.1) is 11.3 Å². The van der Waals surface area contributed by atoms with Gasteiger partial charge in [0.2, 0.25) is 0 Å². The number of thioether (sulfide) groups is 1. The molecule has 4 nitrogen and oxygen atoms in total. The van der Waals surface area contributed by atoms with E-state index in [0.717, 1.165) is 12.2 Å². The summed E-state index contributed by atoms with van der Waals surface area (Å²) in [6.45, 7) is 0. The third kappa shape index (κ3) is 5.70. The Morgan fingerprint density at radius 1 is 1.41 bits per heavy atom. The summed E-state index contributed by atoms with van der Waals surface area (Å²) in [6, 6.07) is 2.15. The average molecular weight is 312 g/mol. The van der Waals surface area contributed by atoms with Crippen molar-refractivity contribution in [1.82, 2.24) is 0 Å².